The van der Waals surface area contributed by atoms with Gasteiger partial charge in [0.1, 0.15) is 12.4 Å². The summed E-state index contributed by atoms with van der Waals surface area (Å²) >= 11 is 0. The third-order valence-corrected chi connectivity index (χ3v) is 5.13. The maximum atomic E-state index is 13.9. The van der Waals surface area contributed by atoms with Crippen LogP contribution in [-0.2, 0) is 9.59 Å². The highest BCUT2D eigenvalue weighted by atomic mass is 19.1. The molecule has 2 amide bonds. The first-order chi connectivity index (χ1) is 15.0. The molecule has 0 aliphatic carbocycles. The summed E-state index contributed by atoms with van der Waals surface area (Å²) < 4.78 is 33.2. The molecule has 2 atom stereocenters. The molecule has 5 nitrogen and oxygen atoms in total. The van der Waals surface area contributed by atoms with E-state index in [-0.39, 0.29) is 30.4 Å². The van der Waals surface area contributed by atoms with E-state index in [2.05, 4.69) is 10.6 Å². The number of carbonyl (C=O) groups excluding carboxylic acids is 2. The summed E-state index contributed by atoms with van der Waals surface area (Å²) in [6.07, 6.45) is -0.0554. The van der Waals surface area contributed by atoms with Crippen molar-refractivity contribution in [3.8, 4) is 5.75 Å². The van der Waals surface area contributed by atoms with Crippen molar-refractivity contribution in [1.82, 2.24) is 5.32 Å². The van der Waals surface area contributed by atoms with Gasteiger partial charge >= 0.3 is 0 Å². The number of amides is 2. The van der Waals surface area contributed by atoms with Gasteiger partial charge in [-0.15, -0.1) is 0 Å². The number of halogens is 2. The van der Waals surface area contributed by atoms with Crippen LogP contribution in [-0.4, -0.2) is 18.4 Å². The van der Waals surface area contributed by atoms with Crippen LogP contribution >= 0.6 is 0 Å². The zero-order valence-corrected chi connectivity index (χ0v) is 16.5. The van der Waals surface area contributed by atoms with Crippen LogP contribution in [0, 0.1) is 11.6 Å². The van der Waals surface area contributed by atoms with Crippen LogP contribution in [0.5, 0.6) is 5.75 Å². The van der Waals surface area contributed by atoms with Crippen molar-refractivity contribution in [1.29, 1.82) is 0 Å². The van der Waals surface area contributed by atoms with Crippen LogP contribution < -0.4 is 15.4 Å². The summed E-state index contributed by atoms with van der Waals surface area (Å²) in [5, 5.41) is 5.51. The Morgan fingerprint density at radius 1 is 1.06 bits per heavy atom. The molecule has 0 spiro atoms. The van der Waals surface area contributed by atoms with E-state index in [1.165, 1.54) is 30.3 Å². The molecule has 0 unspecified atom stereocenters. The molecule has 158 valence electrons. The van der Waals surface area contributed by atoms with Crippen LogP contribution in [0.25, 0.3) is 0 Å². The van der Waals surface area contributed by atoms with E-state index in [1.54, 1.807) is 12.1 Å². The lowest BCUT2D eigenvalue weighted by Crippen LogP contribution is -2.39. The van der Waals surface area contributed by atoms with Crippen molar-refractivity contribution in [3.05, 3.63) is 95.6 Å². The lowest BCUT2D eigenvalue weighted by Gasteiger charge is -2.27. The van der Waals surface area contributed by atoms with Gasteiger partial charge in [0.05, 0.1) is 12.0 Å². The third-order valence-electron chi connectivity index (χ3n) is 5.13. The lowest BCUT2D eigenvalue weighted by molar-refractivity contribution is -0.127. The van der Waals surface area contributed by atoms with Gasteiger partial charge in [-0.3, -0.25) is 9.59 Å². The minimum Gasteiger partial charge on any atom is -0.488 e. The predicted octanol–water partition coefficient (Wildman–Crippen LogP) is 4.33. The summed E-state index contributed by atoms with van der Waals surface area (Å²) in [5.41, 5.74) is 1.60. The molecule has 3 aromatic rings. The first kappa shape index (κ1) is 20.5. The van der Waals surface area contributed by atoms with E-state index in [0.717, 1.165) is 5.56 Å². The number of hydrogen-bond donors (Lipinski definition) is 2. The first-order valence-electron chi connectivity index (χ1n) is 9.83. The molecular formula is C24H20F2N2O3. The summed E-state index contributed by atoms with van der Waals surface area (Å²) in [6.45, 7) is -0.00806. The minimum absolute atomic E-state index is 0.00806. The molecule has 0 radical (unpaired) electrons. The Labute approximate surface area is 178 Å². The largest absolute Gasteiger partial charge is 0.488 e. The molecule has 31 heavy (non-hydrogen) atoms. The fourth-order valence-electron chi connectivity index (χ4n) is 3.58. The number of fused-ring (bicyclic) bond motifs is 1. The number of ether oxygens (including phenoxy) is 1. The number of rotatable bonds is 6. The van der Waals surface area contributed by atoms with Gasteiger partial charge in [-0.05, 0) is 35.4 Å². The zero-order valence-electron chi connectivity index (χ0n) is 16.5. The summed E-state index contributed by atoms with van der Waals surface area (Å²) in [4.78, 5) is 25.2. The van der Waals surface area contributed by atoms with E-state index >= 15 is 0 Å². The molecule has 0 bridgehead atoms. The van der Waals surface area contributed by atoms with Crippen LogP contribution in [0.4, 0.5) is 14.5 Å². The minimum atomic E-state index is -0.774. The molecular weight excluding hydrogens is 402 g/mol. The van der Waals surface area contributed by atoms with Gasteiger partial charge in [0.15, 0.2) is 11.6 Å². The normalized spacial score (nSPS) is 16.1. The van der Waals surface area contributed by atoms with Crippen LogP contribution in [0.1, 0.15) is 29.5 Å². The second-order valence-electron chi connectivity index (χ2n) is 7.25. The van der Waals surface area contributed by atoms with Crippen LogP contribution in [0.2, 0.25) is 0 Å². The Bertz CT molecular complexity index is 1100. The summed E-state index contributed by atoms with van der Waals surface area (Å²) in [5.74, 6) is -2.45. The molecule has 0 saturated carbocycles. The van der Waals surface area contributed by atoms with Crippen molar-refractivity contribution in [2.24, 2.45) is 0 Å². The van der Waals surface area contributed by atoms with Crippen molar-refractivity contribution < 1.29 is 23.1 Å². The second kappa shape index (κ2) is 8.95. The van der Waals surface area contributed by atoms with Crippen molar-refractivity contribution in [2.45, 2.75) is 18.4 Å². The van der Waals surface area contributed by atoms with E-state index in [9.17, 15) is 18.4 Å². The highest BCUT2D eigenvalue weighted by Gasteiger charge is 2.32. The Hall–Kier alpha value is -3.74. The SMILES string of the molecule is O=C1C[C@H](C(=O)N[C@H](COc2ccccc2F)c2ccccc2)c2ccc(F)cc2N1. The Kier molecular flexibility index (Phi) is 5.93. The number of nitrogens with one attached hydrogen (secondary N) is 2. The third kappa shape index (κ3) is 4.71. The lowest BCUT2D eigenvalue weighted by atomic mass is 9.89. The molecule has 1 heterocycles. The molecule has 7 heteroatoms. The number of carbonyl (C=O) groups is 2. The highest BCUT2D eigenvalue weighted by Crippen LogP contribution is 2.33. The van der Waals surface area contributed by atoms with E-state index < -0.39 is 29.5 Å². The van der Waals surface area contributed by atoms with Crippen molar-refractivity contribution in [3.63, 3.8) is 0 Å². The van der Waals surface area contributed by atoms with Gasteiger partial charge in [-0.2, -0.15) is 0 Å². The van der Waals surface area contributed by atoms with Gasteiger partial charge in [0.2, 0.25) is 11.8 Å². The topological polar surface area (TPSA) is 67.4 Å². The van der Waals surface area contributed by atoms with Crippen LogP contribution in [0.15, 0.2) is 72.8 Å². The molecule has 2 N–H and O–H groups in total. The zero-order chi connectivity index (χ0) is 21.8. The molecule has 1 aliphatic heterocycles. The van der Waals surface area contributed by atoms with Gasteiger partial charge in [0, 0.05) is 12.1 Å². The monoisotopic (exact) mass is 422 g/mol. The predicted molar refractivity (Wildman–Crippen MR) is 112 cm³/mol. The smallest absolute Gasteiger partial charge is 0.228 e. The van der Waals surface area contributed by atoms with E-state index in [0.29, 0.717) is 5.56 Å². The maximum Gasteiger partial charge on any atom is 0.228 e. The van der Waals surface area contributed by atoms with Gasteiger partial charge < -0.3 is 15.4 Å². The van der Waals surface area contributed by atoms with Crippen LogP contribution in [0.3, 0.4) is 0 Å². The average Bonchev–Trinajstić information content (AvgIpc) is 2.77. The fourth-order valence-corrected chi connectivity index (χ4v) is 3.58. The molecule has 1 aliphatic rings. The second-order valence-corrected chi connectivity index (χ2v) is 7.25. The fraction of sp³-hybridized carbons (Fsp3) is 0.167. The standard InChI is InChI=1S/C24H20F2N2O3/c25-16-10-11-17-18(13-23(29)27-20(17)12-16)24(30)28-21(15-6-2-1-3-7-15)14-31-22-9-5-4-8-19(22)26/h1-12,18,21H,13-14H2,(H,27,29)(H,28,30)/t18-,21+/m0/s1. The molecule has 4 rings (SSSR count). The van der Waals surface area contributed by atoms with Gasteiger partial charge in [0.25, 0.3) is 0 Å². The van der Waals surface area contributed by atoms with E-state index in [4.69, 9.17) is 4.74 Å². The van der Waals surface area contributed by atoms with Crippen molar-refractivity contribution in [2.75, 3.05) is 11.9 Å². The Balaban J connectivity index is 1.56. The first-order valence-corrected chi connectivity index (χ1v) is 9.83. The average molecular weight is 422 g/mol. The number of benzene rings is 3. The number of para-hydroxylation sites is 1. The van der Waals surface area contributed by atoms with Gasteiger partial charge in [-0.25, -0.2) is 8.78 Å². The Morgan fingerprint density at radius 3 is 2.58 bits per heavy atom. The van der Waals surface area contributed by atoms with Crippen molar-refractivity contribution >= 4 is 17.5 Å². The Morgan fingerprint density at radius 2 is 1.81 bits per heavy atom. The molecule has 0 saturated heterocycles. The summed E-state index contributed by atoms with van der Waals surface area (Å²) in [6, 6.07) is 18.5. The molecule has 0 fully saturated rings. The number of anilines is 1. The number of hydrogen-bond acceptors (Lipinski definition) is 3. The van der Waals surface area contributed by atoms with Gasteiger partial charge in [-0.1, -0.05) is 48.5 Å². The van der Waals surface area contributed by atoms with E-state index in [1.807, 2.05) is 30.3 Å². The molecule has 3 aromatic carbocycles. The summed E-state index contributed by atoms with van der Waals surface area (Å²) in [7, 11) is 0. The maximum absolute atomic E-state index is 13.9. The molecule has 0 aromatic heterocycles. The highest BCUT2D eigenvalue weighted by molar-refractivity contribution is 6.01. The quantitative estimate of drug-likeness (QED) is 0.622.